The average molecular weight is 374 g/mol. The zero-order valence-corrected chi connectivity index (χ0v) is 16.8. The van der Waals surface area contributed by atoms with Gasteiger partial charge in [-0.15, -0.1) is 11.3 Å². The molecule has 1 unspecified atom stereocenters. The molecule has 0 saturated heterocycles. The molecule has 0 bridgehead atoms. The smallest absolute Gasteiger partial charge is 0.262 e. The SMILES string of the molecule is CC(C)C(NC(=O)c1cccs1)C(=O)N(C)Cc1ccc(N(C)C)cc1. The minimum absolute atomic E-state index is 0.00461. The lowest BCUT2D eigenvalue weighted by Crippen LogP contribution is -2.49. The lowest BCUT2D eigenvalue weighted by molar-refractivity contribution is -0.133. The van der Waals surface area contributed by atoms with Gasteiger partial charge in [0, 0.05) is 33.4 Å². The first-order chi connectivity index (χ1) is 12.3. The molecule has 5 nitrogen and oxygen atoms in total. The number of likely N-dealkylation sites (N-methyl/N-ethyl adjacent to an activating group) is 1. The summed E-state index contributed by atoms with van der Waals surface area (Å²) >= 11 is 1.37. The van der Waals surface area contributed by atoms with Crippen LogP contribution in [0.5, 0.6) is 0 Å². The van der Waals surface area contributed by atoms with Gasteiger partial charge in [0.15, 0.2) is 0 Å². The topological polar surface area (TPSA) is 52.7 Å². The molecule has 0 spiro atoms. The van der Waals surface area contributed by atoms with Crippen molar-refractivity contribution in [3.05, 3.63) is 52.2 Å². The second kappa shape index (κ2) is 8.85. The molecule has 0 aliphatic heterocycles. The lowest BCUT2D eigenvalue weighted by Gasteiger charge is -2.27. The Bertz CT molecular complexity index is 724. The van der Waals surface area contributed by atoms with Crippen molar-refractivity contribution in [2.45, 2.75) is 26.4 Å². The Morgan fingerprint density at radius 1 is 1.08 bits per heavy atom. The monoisotopic (exact) mass is 373 g/mol. The van der Waals surface area contributed by atoms with E-state index < -0.39 is 6.04 Å². The predicted molar refractivity (Wildman–Crippen MR) is 108 cm³/mol. The number of nitrogens with one attached hydrogen (secondary N) is 1. The Morgan fingerprint density at radius 2 is 1.73 bits per heavy atom. The fourth-order valence-electron chi connectivity index (χ4n) is 2.62. The van der Waals surface area contributed by atoms with E-state index in [-0.39, 0.29) is 17.7 Å². The minimum Gasteiger partial charge on any atom is -0.378 e. The molecule has 0 saturated carbocycles. The lowest BCUT2D eigenvalue weighted by atomic mass is 10.0. The van der Waals surface area contributed by atoms with Crippen LogP contribution < -0.4 is 10.2 Å². The van der Waals surface area contributed by atoms with E-state index in [0.717, 1.165) is 11.3 Å². The second-order valence-corrected chi connectivity index (χ2v) is 7.88. The highest BCUT2D eigenvalue weighted by Gasteiger charge is 2.27. The van der Waals surface area contributed by atoms with Gasteiger partial charge in [0.05, 0.1) is 4.88 Å². The molecule has 1 N–H and O–H groups in total. The van der Waals surface area contributed by atoms with Crippen molar-refractivity contribution in [2.24, 2.45) is 5.92 Å². The first-order valence-electron chi connectivity index (χ1n) is 8.65. The van der Waals surface area contributed by atoms with Gasteiger partial charge >= 0.3 is 0 Å². The quantitative estimate of drug-likeness (QED) is 0.811. The number of thiophene rings is 1. The number of carbonyl (C=O) groups is 2. The summed E-state index contributed by atoms with van der Waals surface area (Å²) in [5, 5.41) is 4.73. The van der Waals surface area contributed by atoms with Crippen LogP contribution in [0.3, 0.4) is 0 Å². The number of hydrogen-bond donors (Lipinski definition) is 1. The van der Waals surface area contributed by atoms with E-state index in [1.54, 1.807) is 18.0 Å². The summed E-state index contributed by atoms with van der Waals surface area (Å²) in [6.07, 6.45) is 0. The van der Waals surface area contributed by atoms with E-state index in [1.165, 1.54) is 11.3 Å². The predicted octanol–water partition coefficient (Wildman–Crippen LogP) is 3.23. The van der Waals surface area contributed by atoms with Gasteiger partial charge < -0.3 is 15.1 Å². The molecule has 2 amide bonds. The highest BCUT2D eigenvalue weighted by molar-refractivity contribution is 7.12. The molecule has 1 atom stereocenters. The Hall–Kier alpha value is -2.34. The van der Waals surface area contributed by atoms with Gasteiger partial charge in [-0.05, 0) is 35.1 Å². The number of carbonyl (C=O) groups excluding carboxylic acids is 2. The summed E-state index contributed by atoms with van der Waals surface area (Å²) in [6, 6.07) is 11.2. The van der Waals surface area contributed by atoms with Crippen LogP contribution in [0.25, 0.3) is 0 Å². The van der Waals surface area contributed by atoms with Crippen LogP contribution in [0, 0.1) is 5.92 Å². The van der Waals surface area contributed by atoms with Crippen LogP contribution in [0.1, 0.15) is 29.1 Å². The third kappa shape index (κ3) is 5.08. The highest BCUT2D eigenvalue weighted by atomic mass is 32.1. The molecule has 0 fully saturated rings. The Labute approximate surface area is 159 Å². The van der Waals surface area contributed by atoms with E-state index >= 15 is 0 Å². The van der Waals surface area contributed by atoms with Gasteiger partial charge in [-0.1, -0.05) is 32.0 Å². The second-order valence-electron chi connectivity index (χ2n) is 6.93. The zero-order valence-electron chi connectivity index (χ0n) is 16.0. The Kier molecular flexibility index (Phi) is 6.80. The number of amides is 2. The van der Waals surface area contributed by atoms with Crippen molar-refractivity contribution < 1.29 is 9.59 Å². The first kappa shape index (κ1) is 20.0. The van der Waals surface area contributed by atoms with Gasteiger partial charge in [0.2, 0.25) is 5.91 Å². The number of rotatable bonds is 7. The van der Waals surface area contributed by atoms with E-state index in [2.05, 4.69) is 5.32 Å². The van der Waals surface area contributed by atoms with Gasteiger partial charge in [0.1, 0.15) is 6.04 Å². The number of benzene rings is 1. The summed E-state index contributed by atoms with van der Waals surface area (Å²) in [6.45, 7) is 4.39. The third-order valence-electron chi connectivity index (χ3n) is 4.21. The Balaban J connectivity index is 2.04. The molecule has 0 aliphatic rings. The first-order valence-corrected chi connectivity index (χ1v) is 9.53. The number of nitrogens with zero attached hydrogens (tertiary/aromatic N) is 2. The van der Waals surface area contributed by atoms with Crippen LogP contribution in [-0.2, 0) is 11.3 Å². The molecule has 6 heteroatoms. The third-order valence-corrected chi connectivity index (χ3v) is 5.08. The number of hydrogen-bond acceptors (Lipinski definition) is 4. The van der Waals surface area contributed by atoms with Crippen LogP contribution >= 0.6 is 11.3 Å². The Morgan fingerprint density at radius 3 is 2.23 bits per heavy atom. The van der Waals surface area contributed by atoms with Crippen molar-refractivity contribution in [1.82, 2.24) is 10.2 Å². The largest absolute Gasteiger partial charge is 0.378 e. The molecule has 0 aliphatic carbocycles. The van der Waals surface area contributed by atoms with Crippen LogP contribution in [0.4, 0.5) is 5.69 Å². The van der Waals surface area contributed by atoms with Crippen molar-refractivity contribution in [3.63, 3.8) is 0 Å². The fourth-order valence-corrected chi connectivity index (χ4v) is 3.25. The molecule has 1 heterocycles. The van der Waals surface area contributed by atoms with Gasteiger partial charge in [-0.25, -0.2) is 0 Å². The van der Waals surface area contributed by atoms with Crippen molar-refractivity contribution in [2.75, 3.05) is 26.0 Å². The zero-order chi connectivity index (χ0) is 19.3. The summed E-state index contributed by atoms with van der Waals surface area (Å²) in [7, 11) is 5.76. The maximum atomic E-state index is 12.9. The highest BCUT2D eigenvalue weighted by Crippen LogP contribution is 2.15. The fraction of sp³-hybridized carbons (Fsp3) is 0.400. The molecule has 2 aromatic rings. The van der Waals surface area contributed by atoms with E-state index in [1.807, 2.05) is 68.6 Å². The van der Waals surface area contributed by atoms with Crippen LogP contribution in [0.2, 0.25) is 0 Å². The molecule has 1 aromatic carbocycles. The van der Waals surface area contributed by atoms with Gasteiger partial charge in [0.25, 0.3) is 5.91 Å². The minimum atomic E-state index is -0.546. The van der Waals surface area contributed by atoms with E-state index in [9.17, 15) is 9.59 Å². The molecule has 2 rings (SSSR count). The molecule has 26 heavy (non-hydrogen) atoms. The summed E-state index contributed by atoms with van der Waals surface area (Å²) in [5.74, 6) is -0.276. The molecule has 0 radical (unpaired) electrons. The summed E-state index contributed by atoms with van der Waals surface area (Å²) in [5.41, 5.74) is 2.17. The van der Waals surface area contributed by atoms with Crippen LogP contribution in [0.15, 0.2) is 41.8 Å². The summed E-state index contributed by atoms with van der Waals surface area (Å²) < 4.78 is 0. The normalized spacial score (nSPS) is 11.9. The number of anilines is 1. The van der Waals surface area contributed by atoms with Crippen molar-refractivity contribution in [3.8, 4) is 0 Å². The van der Waals surface area contributed by atoms with Crippen LogP contribution in [-0.4, -0.2) is 43.9 Å². The van der Waals surface area contributed by atoms with Gasteiger partial charge in [-0.2, -0.15) is 0 Å². The molecule has 140 valence electrons. The van der Waals surface area contributed by atoms with Gasteiger partial charge in [-0.3, -0.25) is 9.59 Å². The molecule has 1 aromatic heterocycles. The maximum Gasteiger partial charge on any atom is 0.262 e. The standard InChI is InChI=1S/C20H27N3O2S/c1-14(2)18(21-19(24)17-7-6-12-26-17)20(25)23(5)13-15-8-10-16(11-9-15)22(3)4/h6-12,14,18H,13H2,1-5H3,(H,21,24). The summed E-state index contributed by atoms with van der Waals surface area (Å²) in [4.78, 5) is 29.5. The average Bonchev–Trinajstić information content (AvgIpc) is 3.13. The van der Waals surface area contributed by atoms with Crippen molar-refractivity contribution in [1.29, 1.82) is 0 Å². The van der Waals surface area contributed by atoms with E-state index in [0.29, 0.717) is 11.4 Å². The van der Waals surface area contributed by atoms with E-state index in [4.69, 9.17) is 0 Å². The molecular weight excluding hydrogens is 346 g/mol. The molecular formula is C20H27N3O2S. The van der Waals surface area contributed by atoms with Crippen molar-refractivity contribution >= 4 is 28.8 Å². The maximum absolute atomic E-state index is 12.9.